The minimum absolute atomic E-state index is 0.108. The van der Waals surface area contributed by atoms with Crippen molar-refractivity contribution in [3.05, 3.63) is 35.4 Å². The van der Waals surface area contributed by atoms with E-state index in [1.54, 1.807) is 12.1 Å². The van der Waals surface area contributed by atoms with Crippen molar-refractivity contribution < 1.29 is 14.7 Å². The third-order valence-corrected chi connectivity index (χ3v) is 4.74. The summed E-state index contributed by atoms with van der Waals surface area (Å²) in [7, 11) is 0. The number of nitrogens with one attached hydrogen (secondary N) is 2. The first-order valence-corrected chi connectivity index (χ1v) is 8.85. The summed E-state index contributed by atoms with van der Waals surface area (Å²) in [5.41, 5.74) is 0.196. The lowest BCUT2D eigenvalue weighted by molar-refractivity contribution is -0.143. The average molecular weight is 332 g/mol. The van der Waals surface area contributed by atoms with Gasteiger partial charge in [0.15, 0.2) is 0 Å². The zero-order valence-electron chi connectivity index (χ0n) is 14.6. The van der Waals surface area contributed by atoms with E-state index < -0.39 is 5.60 Å². The van der Waals surface area contributed by atoms with Crippen LogP contribution >= 0.6 is 0 Å². The van der Waals surface area contributed by atoms with Crippen LogP contribution in [0.25, 0.3) is 0 Å². The van der Waals surface area contributed by atoms with Gasteiger partial charge in [-0.25, -0.2) is 0 Å². The molecule has 1 aromatic rings. The van der Waals surface area contributed by atoms with E-state index in [1.165, 1.54) is 0 Å². The topological polar surface area (TPSA) is 78.4 Å². The van der Waals surface area contributed by atoms with Crippen LogP contribution in [0.2, 0.25) is 0 Å². The molecule has 1 aliphatic rings. The van der Waals surface area contributed by atoms with E-state index in [1.807, 2.05) is 26.0 Å². The predicted molar refractivity (Wildman–Crippen MR) is 93.5 cm³/mol. The highest BCUT2D eigenvalue weighted by atomic mass is 16.3. The molecule has 1 fully saturated rings. The normalized spacial score (nSPS) is 17.8. The molecular weight excluding hydrogens is 304 g/mol. The molecule has 0 saturated heterocycles. The molecule has 5 heteroatoms. The average Bonchev–Trinajstić information content (AvgIpc) is 2.60. The van der Waals surface area contributed by atoms with Crippen LogP contribution in [-0.4, -0.2) is 28.6 Å². The van der Waals surface area contributed by atoms with Crippen LogP contribution in [-0.2, 0) is 11.3 Å². The summed E-state index contributed by atoms with van der Waals surface area (Å²) >= 11 is 0. The summed E-state index contributed by atoms with van der Waals surface area (Å²) in [5, 5.41) is 16.1. The SMILES string of the molecule is CC[C@@H](C)NC(=O)c1cccc(CNC(=O)C2(O)CCCCC2)c1. The fraction of sp³-hybridized carbons (Fsp3) is 0.579. The molecule has 1 atom stereocenters. The van der Waals surface area contributed by atoms with Gasteiger partial charge in [-0.2, -0.15) is 0 Å². The smallest absolute Gasteiger partial charge is 0.252 e. The number of amides is 2. The summed E-state index contributed by atoms with van der Waals surface area (Å²) in [5.74, 6) is -0.417. The van der Waals surface area contributed by atoms with Gasteiger partial charge in [-0.05, 0) is 43.9 Å². The highest BCUT2D eigenvalue weighted by Crippen LogP contribution is 2.28. The maximum Gasteiger partial charge on any atom is 0.252 e. The van der Waals surface area contributed by atoms with E-state index in [9.17, 15) is 14.7 Å². The highest BCUT2D eigenvalue weighted by molar-refractivity contribution is 5.94. The van der Waals surface area contributed by atoms with E-state index in [0.717, 1.165) is 31.2 Å². The zero-order valence-corrected chi connectivity index (χ0v) is 14.6. The number of carbonyl (C=O) groups is 2. The van der Waals surface area contributed by atoms with Crippen LogP contribution in [0.3, 0.4) is 0 Å². The molecule has 0 spiro atoms. The van der Waals surface area contributed by atoms with Gasteiger partial charge >= 0.3 is 0 Å². The van der Waals surface area contributed by atoms with Crippen LogP contribution in [0.4, 0.5) is 0 Å². The van der Waals surface area contributed by atoms with Crippen LogP contribution in [0.5, 0.6) is 0 Å². The summed E-state index contributed by atoms with van der Waals surface area (Å²) in [6.07, 6.45) is 4.76. The molecule has 0 aromatic heterocycles. The van der Waals surface area contributed by atoms with Crippen molar-refractivity contribution in [2.75, 3.05) is 0 Å². The summed E-state index contributed by atoms with van der Waals surface area (Å²) < 4.78 is 0. The molecule has 0 unspecified atom stereocenters. The Kier molecular flexibility index (Phi) is 6.37. The van der Waals surface area contributed by atoms with E-state index in [0.29, 0.717) is 24.9 Å². The van der Waals surface area contributed by atoms with E-state index >= 15 is 0 Å². The van der Waals surface area contributed by atoms with Crippen LogP contribution in [0.15, 0.2) is 24.3 Å². The molecule has 0 radical (unpaired) electrons. The number of aliphatic hydroxyl groups is 1. The van der Waals surface area contributed by atoms with Gasteiger partial charge in [0.05, 0.1) is 0 Å². The van der Waals surface area contributed by atoms with Crippen LogP contribution in [0.1, 0.15) is 68.3 Å². The van der Waals surface area contributed by atoms with Crippen LogP contribution in [0, 0.1) is 0 Å². The van der Waals surface area contributed by atoms with Gasteiger partial charge in [-0.1, -0.05) is 38.3 Å². The largest absolute Gasteiger partial charge is 0.380 e. The first kappa shape index (κ1) is 18.5. The van der Waals surface area contributed by atoms with Crippen molar-refractivity contribution in [1.82, 2.24) is 10.6 Å². The minimum Gasteiger partial charge on any atom is -0.380 e. The summed E-state index contributed by atoms with van der Waals surface area (Å²) in [6, 6.07) is 7.34. The Bertz CT molecular complexity index is 580. The second-order valence-electron chi connectivity index (χ2n) is 6.76. The number of rotatable bonds is 6. The predicted octanol–water partition coefficient (Wildman–Crippen LogP) is 2.53. The third-order valence-electron chi connectivity index (χ3n) is 4.74. The van der Waals surface area contributed by atoms with Gasteiger partial charge in [0.2, 0.25) is 0 Å². The van der Waals surface area contributed by atoms with Crippen molar-refractivity contribution in [3.63, 3.8) is 0 Å². The molecule has 5 nitrogen and oxygen atoms in total. The Hall–Kier alpha value is -1.88. The molecule has 2 rings (SSSR count). The number of benzene rings is 1. The number of hydrogen-bond donors (Lipinski definition) is 3. The second kappa shape index (κ2) is 8.29. The van der Waals surface area contributed by atoms with Gasteiger partial charge in [0.25, 0.3) is 11.8 Å². The number of hydrogen-bond acceptors (Lipinski definition) is 3. The Morgan fingerprint density at radius 3 is 2.62 bits per heavy atom. The van der Waals surface area contributed by atoms with Crippen molar-refractivity contribution in [3.8, 4) is 0 Å². The van der Waals surface area contributed by atoms with Gasteiger partial charge in [0.1, 0.15) is 5.60 Å². The lowest BCUT2D eigenvalue weighted by Crippen LogP contribution is -2.47. The Morgan fingerprint density at radius 2 is 1.96 bits per heavy atom. The second-order valence-corrected chi connectivity index (χ2v) is 6.76. The molecule has 24 heavy (non-hydrogen) atoms. The molecule has 3 N–H and O–H groups in total. The monoisotopic (exact) mass is 332 g/mol. The standard InChI is InChI=1S/C19H28N2O3/c1-3-14(2)21-17(22)16-9-7-8-15(12-16)13-20-18(23)19(24)10-5-4-6-11-19/h7-9,12,14,24H,3-6,10-11,13H2,1-2H3,(H,20,23)(H,21,22)/t14-/m1/s1. The van der Waals surface area contributed by atoms with E-state index in [4.69, 9.17) is 0 Å². The third kappa shape index (κ3) is 4.81. The zero-order chi connectivity index (χ0) is 17.6. The molecule has 0 heterocycles. The molecule has 1 aromatic carbocycles. The Morgan fingerprint density at radius 1 is 1.25 bits per heavy atom. The quantitative estimate of drug-likeness (QED) is 0.749. The molecule has 0 aliphatic heterocycles. The van der Waals surface area contributed by atoms with Crippen molar-refractivity contribution in [1.29, 1.82) is 0 Å². The van der Waals surface area contributed by atoms with Gasteiger partial charge in [0, 0.05) is 18.2 Å². The molecular formula is C19H28N2O3. The van der Waals surface area contributed by atoms with E-state index in [2.05, 4.69) is 10.6 Å². The molecule has 1 saturated carbocycles. The Balaban J connectivity index is 1.94. The van der Waals surface area contributed by atoms with Crippen molar-refractivity contribution in [2.24, 2.45) is 0 Å². The molecule has 0 bridgehead atoms. The number of carbonyl (C=O) groups excluding carboxylic acids is 2. The molecule has 1 aliphatic carbocycles. The molecule has 132 valence electrons. The maximum absolute atomic E-state index is 12.3. The Labute approximate surface area is 143 Å². The van der Waals surface area contributed by atoms with Crippen LogP contribution < -0.4 is 10.6 Å². The lowest BCUT2D eigenvalue weighted by atomic mass is 9.84. The van der Waals surface area contributed by atoms with E-state index in [-0.39, 0.29) is 17.9 Å². The summed E-state index contributed by atoms with van der Waals surface area (Å²) in [6.45, 7) is 4.30. The van der Waals surface area contributed by atoms with Gasteiger partial charge < -0.3 is 15.7 Å². The minimum atomic E-state index is -1.23. The van der Waals surface area contributed by atoms with Gasteiger partial charge in [-0.15, -0.1) is 0 Å². The van der Waals surface area contributed by atoms with Crippen molar-refractivity contribution >= 4 is 11.8 Å². The first-order chi connectivity index (χ1) is 11.4. The lowest BCUT2D eigenvalue weighted by Gasteiger charge is -2.30. The van der Waals surface area contributed by atoms with Crippen molar-refractivity contribution in [2.45, 2.75) is 70.6 Å². The summed E-state index contributed by atoms with van der Waals surface area (Å²) in [4.78, 5) is 24.4. The van der Waals surface area contributed by atoms with Gasteiger partial charge in [-0.3, -0.25) is 9.59 Å². The maximum atomic E-state index is 12.3. The molecule has 2 amide bonds. The fourth-order valence-corrected chi connectivity index (χ4v) is 2.94. The highest BCUT2D eigenvalue weighted by Gasteiger charge is 2.36. The fourth-order valence-electron chi connectivity index (χ4n) is 2.94. The first-order valence-electron chi connectivity index (χ1n) is 8.85.